The highest BCUT2D eigenvalue weighted by Gasteiger charge is 2.52. The van der Waals surface area contributed by atoms with E-state index >= 15 is 0 Å². The van der Waals surface area contributed by atoms with Crippen LogP contribution in [-0.4, -0.2) is 23.5 Å². The van der Waals surface area contributed by atoms with Crippen LogP contribution in [0, 0.1) is 0 Å². The molecule has 1 aliphatic carbocycles. The summed E-state index contributed by atoms with van der Waals surface area (Å²) in [6, 6.07) is 2.65. The van der Waals surface area contributed by atoms with Crippen LogP contribution in [0.5, 0.6) is 0 Å². The number of carbonyl (C=O) groups excluding carboxylic acids is 1. The van der Waals surface area contributed by atoms with Gasteiger partial charge in [0.15, 0.2) is 5.78 Å². The lowest BCUT2D eigenvalue weighted by Crippen LogP contribution is -2.59. The lowest BCUT2D eigenvalue weighted by Gasteiger charge is -2.44. The molecule has 23 heavy (non-hydrogen) atoms. The summed E-state index contributed by atoms with van der Waals surface area (Å²) in [7, 11) is 1.53. The average molecular weight is 329 g/mol. The monoisotopic (exact) mass is 329 g/mol. The van der Waals surface area contributed by atoms with Gasteiger partial charge in [0.25, 0.3) is 0 Å². The van der Waals surface area contributed by atoms with Crippen LogP contribution in [0.2, 0.25) is 0 Å². The summed E-state index contributed by atoms with van der Waals surface area (Å²) in [6.07, 6.45) is 1.16. The van der Waals surface area contributed by atoms with E-state index in [0.717, 1.165) is 0 Å². The third-order valence-corrected chi connectivity index (χ3v) is 4.75. The molecule has 128 valence electrons. The van der Waals surface area contributed by atoms with E-state index < -0.39 is 36.9 Å². The fourth-order valence-corrected chi connectivity index (χ4v) is 3.66. The number of aliphatic hydroxyl groups is 1. The van der Waals surface area contributed by atoms with Crippen molar-refractivity contribution in [3.05, 3.63) is 34.4 Å². The summed E-state index contributed by atoms with van der Waals surface area (Å²) < 4.78 is 40.0. The third-order valence-electron chi connectivity index (χ3n) is 4.75. The van der Waals surface area contributed by atoms with Crippen LogP contribution in [-0.2, 0) is 30.4 Å². The first-order valence-corrected chi connectivity index (χ1v) is 7.65. The Hall–Kier alpha value is -1.40. The molecule has 0 aliphatic heterocycles. The van der Waals surface area contributed by atoms with Gasteiger partial charge in [-0.2, -0.15) is 0 Å². The number of alkyl halides is 3. The second-order valence-electron chi connectivity index (χ2n) is 6.30. The first-order valence-electron chi connectivity index (χ1n) is 7.65. The van der Waals surface area contributed by atoms with E-state index in [1.807, 2.05) is 0 Å². The number of hydrogen-bond donors (Lipinski definition) is 2. The Balaban J connectivity index is 2.72. The summed E-state index contributed by atoms with van der Waals surface area (Å²) in [4.78, 5) is 12.9. The first kappa shape index (κ1) is 17.9. The van der Waals surface area contributed by atoms with Crippen molar-refractivity contribution >= 4 is 5.78 Å². The molecule has 1 aromatic carbocycles. The molecule has 2 rings (SSSR count). The Kier molecular flexibility index (Phi) is 5.16. The standard InChI is InChI=1S/C17H22F3NO2/c1-16(23)4-3-5-17(21-2,15(16)22)14-12(9-19)6-11(8-18)7-13(14)10-20/h6-7,21,23H,3-5,8-10H2,1-2H3. The Morgan fingerprint density at radius 3 is 2.13 bits per heavy atom. The molecule has 0 radical (unpaired) electrons. The second-order valence-corrected chi connectivity index (χ2v) is 6.30. The fourth-order valence-electron chi connectivity index (χ4n) is 3.66. The molecular formula is C17H22F3NO2. The van der Waals surface area contributed by atoms with Gasteiger partial charge in [0.1, 0.15) is 31.2 Å². The normalized spacial score (nSPS) is 28.2. The quantitative estimate of drug-likeness (QED) is 0.873. The van der Waals surface area contributed by atoms with E-state index in [1.54, 1.807) is 0 Å². The molecule has 0 aromatic heterocycles. The van der Waals surface area contributed by atoms with Crippen molar-refractivity contribution in [1.29, 1.82) is 0 Å². The van der Waals surface area contributed by atoms with Crippen molar-refractivity contribution in [1.82, 2.24) is 5.32 Å². The van der Waals surface area contributed by atoms with Gasteiger partial charge in [-0.05, 0) is 55.5 Å². The average Bonchev–Trinajstić information content (AvgIpc) is 2.56. The molecule has 1 fully saturated rings. The molecule has 0 heterocycles. The van der Waals surface area contributed by atoms with Crippen LogP contribution in [0.3, 0.4) is 0 Å². The molecule has 1 aromatic rings. The summed E-state index contributed by atoms with van der Waals surface area (Å²) in [5.41, 5.74) is -2.37. The van der Waals surface area contributed by atoms with Gasteiger partial charge in [-0.25, -0.2) is 13.2 Å². The van der Waals surface area contributed by atoms with Crippen molar-refractivity contribution in [2.45, 2.75) is 57.3 Å². The topological polar surface area (TPSA) is 49.3 Å². The van der Waals surface area contributed by atoms with Crippen LogP contribution in [0.1, 0.15) is 48.4 Å². The van der Waals surface area contributed by atoms with Gasteiger partial charge in [0, 0.05) is 0 Å². The summed E-state index contributed by atoms with van der Waals surface area (Å²) in [5.74, 6) is -0.504. The van der Waals surface area contributed by atoms with E-state index in [2.05, 4.69) is 5.32 Å². The molecule has 6 heteroatoms. The van der Waals surface area contributed by atoms with Crippen LogP contribution in [0.15, 0.2) is 12.1 Å². The van der Waals surface area contributed by atoms with Gasteiger partial charge in [0.05, 0.1) is 0 Å². The van der Waals surface area contributed by atoms with Gasteiger partial charge >= 0.3 is 0 Å². The molecule has 2 atom stereocenters. The number of ketones is 1. The van der Waals surface area contributed by atoms with Crippen molar-refractivity contribution in [2.24, 2.45) is 0 Å². The lowest BCUT2D eigenvalue weighted by atomic mass is 9.67. The van der Waals surface area contributed by atoms with E-state index in [0.29, 0.717) is 19.3 Å². The fraction of sp³-hybridized carbons (Fsp3) is 0.588. The van der Waals surface area contributed by atoms with E-state index in [9.17, 15) is 23.1 Å². The zero-order valence-electron chi connectivity index (χ0n) is 13.4. The number of carbonyl (C=O) groups is 1. The van der Waals surface area contributed by atoms with Gasteiger partial charge in [-0.1, -0.05) is 12.1 Å². The molecule has 2 unspecified atom stereocenters. The second kappa shape index (κ2) is 6.61. The molecule has 0 saturated heterocycles. The van der Waals surface area contributed by atoms with Crippen molar-refractivity contribution in [2.75, 3.05) is 7.05 Å². The van der Waals surface area contributed by atoms with Gasteiger partial charge in [0.2, 0.25) is 0 Å². The Morgan fingerprint density at radius 2 is 1.70 bits per heavy atom. The van der Waals surface area contributed by atoms with E-state index in [1.165, 1.54) is 26.1 Å². The minimum atomic E-state index is -1.57. The minimum Gasteiger partial charge on any atom is -0.382 e. The Bertz CT molecular complexity index is 578. The third kappa shape index (κ3) is 2.90. The van der Waals surface area contributed by atoms with Crippen molar-refractivity contribution in [3.63, 3.8) is 0 Å². The number of rotatable bonds is 5. The largest absolute Gasteiger partial charge is 0.382 e. The highest BCUT2D eigenvalue weighted by molar-refractivity contribution is 5.97. The highest BCUT2D eigenvalue weighted by Crippen LogP contribution is 2.42. The molecule has 0 amide bonds. The number of nitrogens with one attached hydrogen (secondary N) is 1. The summed E-state index contributed by atoms with van der Waals surface area (Å²) >= 11 is 0. The molecule has 3 nitrogen and oxygen atoms in total. The maximum Gasteiger partial charge on any atom is 0.188 e. The van der Waals surface area contributed by atoms with Gasteiger partial charge in [-0.15, -0.1) is 0 Å². The number of benzene rings is 1. The summed E-state index contributed by atoms with van der Waals surface area (Å²) in [5, 5.41) is 13.3. The number of likely N-dealkylation sites (N-methyl/N-ethyl adjacent to an activating group) is 1. The zero-order chi connectivity index (χ0) is 17.3. The summed E-state index contributed by atoms with van der Waals surface area (Å²) in [6.45, 7) is -1.29. The number of Topliss-reactive ketones (excluding diaryl/α,β-unsaturated/α-hetero) is 1. The van der Waals surface area contributed by atoms with Crippen molar-refractivity contribution in [3.8, 4) is 0 Å². The Morgan fingerprint density at radius 1 is 1.13 bits per heavy atom. The maximum absolute atomic E-state index is 13.6. The van der Waals surface area contributed by atoms with Gasteiger partial charge in [-0.3, -0.25) is 4.79 Å². The van der Waals surface area contributed by atoms with Crippen LogP contribution in [0.4, 0.5) is 13.2 Å². The van der Waals surface area contributed by atoms with Crippen LogP contribution in [0.25, 0.3) is 0 Å². The predicted molar refractivity (Wildman–Crippen MR) is 81.1 cm³/mol. The zero-order valence-corrected chi connectivity index (χ0v) is 13.4. The lowest BCUT2D eigenvalue weighted by molar-refractivity contribution is -0.148. The first-order chi connectivity index (χ1) is 10.9. The van der Waals surface area contributed by atoms with E-state index in [-0.39, 0.29) is 22.3 Å². The highest BCUT2D eigenvalue weighted by atomic mass is 19.1. The smallest absolute Gasteiger partial charge is 0.188 e. The van der Waals surface area contributed by atoms with Crippen LogP contribution >= 0.6 is 0 Å². The molecule has 2 N–H and O–H groups in total. The SMILES string of the molecule is CNC1(c2c(CF)cc(CF)cc2CF)CCCC(C)(O)C1=O. The van der Waals surface area contributed by atoms with Crippen LogP contribution < -0.4 is 5.32 Å². The molecule has 0 bridgehead atoms. The maximum atomic E-state index is 13.6. The van der Waals surface area contributed by atoms with Crippen molar-refractivity contribution < 1.29 is 23.1 Å². The molecule has 0 spiro atoms. The van der Waals surface area contributed by atoms with Gasteiger partial charge < -0.3 is 10.4 Å². The molecule has 1 aliphatic rings. The molecule has 1 saturated carbocycles. The van der Waals surface area contributed by atoms with E-state index in [4.69, 9.17) is 0 Å². The predicted octanol–water partition coefficient (Wildman–Crippen LogP) is 3.01. The minimum absolute atomic E-state index is 0.0909. The molecular weight excluding hydrogens is 307 g/mol. The number of halogens is 3. The Labute approximate surface area is 133 Å². The number of hydrogen-bond acceptors (Lipinski definition) is 3.